The first-order chi connectivity index (χ1) is 19.9. The molecule has 6 rings (SSSR count). The molecule has 3 aliphatic heterocycles. The number of benzene rings is 1. The van der Waals surface area contributed by atoms with Gasteiger partial charge in [-0.3, -0.25) is 0 Å². The number of aromatic nitrogens is 2. The number of piperazine rings is 1. The Bertz CT molecular complexity index is 1340. The van der Waals surface area contributed by atoms with E-state index in [-0.39, 0.29) is 18.1 Å². The Morgan fingerprint density at radius 1 is 1.02 bits per heavy atom. The lowest BCUT2D eigenvalue weighted by molar-refractivity contribution is -0.179. The molecule has 0 N–H and O–H groups in total. The molecule has 1 amide bonds. The summed E-state index contributed by atoms with van der Waals surface area (Å²) in [6, 6.07) is 12.7. The van der Waals surface area contributed by atoms with Gasteiger partial charge in [0.05, 0.1) is 30.5 Å². The Morgan fingerprint density at radius 2 is 1.78 bits per heavy atom. The zero-order valence-corrected chi connectivity index (χ0v) is 23.5. The summed E-state index contributed by atoms with van der Waals surface area (Å²) in [5.74, 6) is -0.117. The third-order valence-electron chi connectivity index (χ3n) is 8.50. The molecule has 0 unspecified atom stereocenters. The highest BCUT2D eigenvalue weighted by Gasteiger charge is 2.34. The molecule has 0 aliphatic carbocycles. The van der Waals surface area contributed by atoms with Crippen molar-refractivity contribution >= 4 is 17.3 Å². The largest absolute Gasteiger partial charge is 0.441 e. The summed E-state index contributed by atoms with van der Waals surface area (Å²) in [7, 11) is 0. The van der Waals surface area contributed by atoms with Crippen molar-refractivity contribution in [3.63, 3.8) is 0 Å². The number of hydrogen-bond donors (Lipinski definition) is 0. The van der Waals surface area contributed by atoms with Crippen LogP contribution in [0.25, 0.3) is 16.6 Å². The smallest absolute Gasteiger partial charge is 0.410 e. The molecule has 5 heterocycles. The first-order valence-corrected chi connectivity index (χ1v) is 14.4. The number of nitrogens with zero attached hydrogens (tertiary/aromatic N) is 5. The van der Waals surface area contributed by atoms with Gasteiger partial charge in [-0.1, -0.05) is 24.3 Å². The van der Waals surface area contributed by atoms with E-state index >= 15 is 0 Å². The Morgan fingerprint density at radius 3 is 2.44 bits per heavy atom. The molecule has 3 aromatic rings. The standard InChI is InChI=1S/C30H37F2N5O4/c1-20(2)36-10-8-28(41-29(31)32)25(17-36)22-5-3-21(4-6-22)23-15-27-26(7-9-33-37(27)16-23)34-11-13-35(14-12-34)30(38)40-24-18-39-19-24/h3-7,9,15-16,20,24-25,28-29H,8,10-14,17-19H2,1-2H3/t25-,28+/m1/s1. The van der Waals surface area contributed by atoms with Crippen molar-refractivity contribution in [1.29, 1.82) is 0 Å². The lowest BCUT2D eigenvalue weighted by Crippen LogP contribution is -2.51. The van der Waals surface area contributed by atoms with Crippen LogP contribution in [-0.2, 0) is 14.2 Å². The van der Waals surface area contributed by atoms with E-state index in [4.69, 9.17) is 14.2 Å². The van der Waals surface area contributed by atoms with Crippen LogP contribution in [0.15, 0.2) is 48.8 Å². The van der Waals surface area contributed by atoms with E-state index in [2.05, 4.69) is 46.9 Å². The molecule has 2 atom stereocenters. The van der Waals surface area contributed by atoms with Crippen molar-refractivity contribution in [3.8, 4) is 11.1 Å². The van der Waals surface area contributed by atoms with Gasteiger partial charge in [-0.2, -0.15) is 13.9 Å². The predicted octanol–water partition coefficient (Wildman–Crippen LogP) is 4.46. The minimum atomic E-state index is -2.78. The van der Waals surface area contributed by atoms with Crippen molar-refractivity contribution in [1.82, 2.24) is 19.4 Å². The number of rotatable bonds is 7. The maximum absolute atomic E-state index is 13.2. The molecule has 0 bridgehead atoms. The highest BCUT2D eigenvalue weighted by molar-refractivity contribution is 5.80. The topological polar surface area (TPSA) is 71.8 Å². The van der Waals surface area contributed by atoms with E-state index in [0.29, 0.717) is 58.4 Å². The monoisotopic (exact) mass is 569 g/mol. The van der Waals surface area contributed by atoms with Crippen molar-refractivity contribution in [2.75, 3.05) is 57.4 Å². The average molecular weight is 570 g/mol. The quantitative estimate of drug-likeness (QED) is 0.416. The average Bonchev–Trinajstić information content (AvgIpc) is 3.39. The number of carbonyl (C=O) groups is 1. The fourth-order valence-corrected chi connectivity index (χ4v) is 6.02. The van der Waals surface area contributed by atoms with Crippen molar-refractivity contribution in [2.45, 2.75) is 51.0 Å². The Kier molecular flexibility index (Phi) is 8.10. The number of ether oxygens (including phenoxy) is 3. The molecule has 1 aromatic carbocycles. The maximum atomic E-state index is 13.2. The molecule has 0 radical (unpaired) electrons. The van der Waals surface area contributed by atoms with Gasteiger partial charge in [0.2, 0.25) is 0 Å². The number of hydrogen-bond acceptors (Lipinski definition) is 7. The number of likely N-dealkylation sites (tertiary alicyclic amines) is 1. The molecule has 0 spiro atoms. The summed E-state index contributed by atoms with van der Waals surface area (Å²) in [6.45, 7) is 6.45. The third-order valence-corrected chi connectivity index (χ3v) is 8.50. The van der Waals surface area contributed by atoms with Crippen molar-refractivity contribution in [3.05, 3.63) is 54.4 Å². The van der Waals surface area contributed by atoms with Gasteiger partial charge in [0.1, 0.15) is 0 Å². The normalized spacial score (nSPS) is 22.5. The first kappa shape index (κ1) is 27.9. The molecule has 3 saturated heterocycles. The van der Waals surface area contributed by atoms with Crippen LogP contribution in [0.4, 0.5) is 19.3 Å². The second kappa shape index (κ2) is 11.9. The highest BCUT2D eigenvalue weighted by atomic mass is 19.3. The molecule has 220 valence electrons. The lowest BCUT2D eigenvalue weighted by atomic mass is 9.86. The highest BCUT2D eigenvalue weighted by Crippen LogP contribution is 2.34. The van der Waals surface area contributed by atoms with Crippen LogP contribution in [0, 0.1) is 0 Å². The Hall–Kier alpha value is -3.28. The van der Waals surface area contributed by atoms with Gasteiger partial charge in [-0.25, -0.2) is 9.31 Å². The SMILES string of the molecule is CC(C)N1CC[C@H](OC(F)F)[C@@H](c2ccc(-c3cc4c(N5CCN(C(=O)OC6COC6)CC5)ccnn4c3)cc2)C1. The zero-order chi connectivity index (χ0) is 28.5. The lowest BCUT2D eigenvalue weighted by Gasteiger charge is -2.40. The van der Waals surface area contributed by atoms with Crippen molar-refractivity contribution in [2.24, 2.45) is 0 Å². The molecule has 41 heavy (non-hydrogen) atoms. The third kappa shape index (κ3) is 6.02. The Labute approximate surface area is 238 Å². The van der Waals surface area contributed by atoms with Gasteiger partial charge in [0.25, 0.3) is 0 Å². The van der Waals surface area contributed by atoms with Gasteiger partial charge in [-0.05, 0) is 43.5 Å². The predicted molar refractivity (Wildman–Crippen MR) is 150 cm³/mol. The van der Waals surface area contributed by atoms with E-state index in [1.165, 1.54) is 0 Å². The van der Waals surface area contributed by atoms with Gasteiger partial charge in [0, 0.05) is 69.2 Å². The molecule has 3 aliphatic rings. The number of halogens is 2. The zero-order valence-electron chi connectivity index (χ0n) is 23.5. The second-order valence-corrected chi connectivity index (χ2v) is 11.3. The summed E-state index contributed by atoms with van der Waals surface area (Å²) in [5.41, 5.74) is 5.11. The maximum Gasteiger partial charge on any atom is 0.410 e. The number of anilines is 1. The van der Waals surface area contributed by atoms with E-state index < -0.39 is 12.7 Å². The number of alkyl halides is 2. The molecule has 2 aromatic heterocycles. The molecule has 0 saturated carbocycles. The molecule has 11 heteroatoms. The number of piperidine rings is 1. The summed E-state index contributed by atoms with van der Waals surface area (Å²) in [5, 5.41) is 4.53. The minimum Gasteiger partial charge on any atom is -0.441 e. The molecule has 3 fully saturated rings. The summed E-state index contributed by atoms with van der Waals surface area (Å²) in [4.78, 5) is 18.8. The number of carbonyl (C=O) groups excluding carboxylic acids is 1. The van der Waals surface area contributed by atoms with E-state index in [0.717, 1.165) is 34.4 Å². The fraction of sp³-hybridized carbons (Fsp3) is 0.533. The van der Waals surface area contributed by atoms with Gasteiger partial charge in [0.15, 0.2) is 6.10 Å². The van der Waals surface area contributed by atoms with Crippen LogP contribution in [0.3, 0.4) is 0 Å². The van der Waals surface area contributed by atoms with Gasteiger partial charge in [-0.15, -0.1) is 0 Å². The molecule has 9 nitrogen and oxygen atoms in total. The summed E-state index contributed by atoms with van der Waals surface area (Å²) < 4.78 is 43.8. The minimum absolute atomic E-state index is 0.117. The summed E-state index contributed by atoms with van der Waals surface area (Å²) >= 11 is 0. The first-order valence-electron chi connectivity index (χ1n) is 14.4. The number of amides is 1. The van der Waals surface area contributed by atoms with Crippen LogP contribution in [-0.4, -0.2) is 103 Å². The van der Waals surface area contributed by atoms with Gasteiger partial charge >= 0.3 is 12.7 Å². The Balaban J connectivity index is 1.17. The van der Waals surface area contributed by atoms with Crippen LogP contribution in [0.5, 0.6) is 0 Å². The second-order valence-electron chi connectivity index (χ2n) is 11.3. The van der Waals surface area contributed by atoms with E-state index in [1.807, 2.05) is 28.9 Å². The fourth-order valence-electron chi connectivity index (χ4n) is 6.02. The number of fused-ring (bicyclic) bond motifs is 1. The van der Waals surface area contributed by atoms with Crippen LogP contribution in [0.2, 0.25) is 0 Å². The van der Waals surface area contributed by atoms with Crippen LogP contribution < -0.4 is 4.90 Å². The van der Waals surface area contributed by atoms with E-state index in [9.17, 15) is 13.6 Å². The van der Waals surface area contributed by atoms with Crippen LogP contribution >= 0.6 is 0 Å². The van der Waals surface area contributed by atoms with Crippen LogP contribution in [0.1, 0.15) is 31.7 Å². The van der Waals surface area contributed by atoms with Crippen molar-refractivity contribution < 1.29 is 27.8 Å². The van der Waals surface area contributed by atoms with E-state index in [1.54, 1.807) is 11.1 Å². The molecular weight excluding hydrogens is 532 g/mol. The summed E-state index contributed by atoms with van der Waals surface area (Å²) in [6.07, 6.45) is 3.47. The van der Waals surface area contributed by atoms with Gasteiger partial charge < -0.3 is 28.9 Å². The molecular formula is C30H37F2N5O4.